The Morgan fingerprint density at radius 1 is 1.07 bits per heavy atom. The van der Waals surface area contributed by atoms with E-state index in [1.807, 2.05) is 13.0 Å². The molecule has 1 aliphatic heterocycles. The van der Waals surface area contributed by atoms with Crippen LogP contribution in [0.5, 0.6) is 11.5 Å². The van der Waals surface area contributed by atoms with Gasteiger partial charge in [0.1, 0.15) is 25.5 Å². The summed E-state index contributed by atoms with van der Waals surface area (Å²) in [5.74, 6) is 0.401. The zero-order valence-electron chi connectivity index (χ0n) is 16.4. The van der Waals surface area contributed by atoms with E-state index in [1.54, 1.807) is 30.3 Å². The van der Waals surface area contributed by atoms with Gasteiger partial charge in [-0.15, -0.1) is 0 Å². The van der Waals surface area contributed by atoms with Crippen LogP contribution in [0.15, 0.2) is 47.3 Å². The lowest BCUT2D eigenvalue weighted by Crippen LogP contribution is -2.18. The van der Waals surface area contributed by atoms with Gasteiger partial charge in [-0.3, -0.25) is 18.8 Å². The van der Waals surface area contributed by atoms with Gasteiger partial charge in [-0.1, -0.05) is 6.07 Å². The summed E-state index contributed by atoms with van der Waals surface area (Å²) in [6.45, 7) is 2.60. The van der Waals surface area contributed by atoms with Gasteiger partial charge in [-0.05, 0) is 37.3 Å². The van der Waals surface area contributed by atoms with Gasteiger partial charge < -0.3 is 14.2 Å². The molecule has 8 nitrogen and oxygen atoms in total. The summed E-state index contributed by atoms with van der Waals surface area (Å²) in [5, 5.41) is 0. The number of pyridine rings is 1. The Labute approximate surface area is 172 Å². The molecule has 0 bridgehead atoms. The first-order chi connectivity index (χ1) is 14.5. The summed E-state index contributed by atoms with van der Waals surface area (Å²) >= 11 is 0. The van der Waals surface area contributed by atoms with E-state index in [4.69, 9.17) is 14.2 Å². The quantitative estimate of drug-likeness (QED) is 0.457. The number of esters is 1. The predicted molar refractivity (Wildman–Crippen MR) is 107 cm³/mol. The Kier molecular flexibility index (Phi) is 5.47. The molecule has 4 rings (SSSR count). The Balaban J connectivity index is 1.34. The van der Waals surface area contributed by atoms with Gasteiger partial charge in [0.2, 0.25) is 0 Å². The Bertz CT molecular complexity index is 1180. The van der Waals surface area contributed by atoms with Crippen LogP contribution in [0.4, 0.5) is 0 Å². The lowest BCUT2D eigenvalue weighted by molar-refractivity contribution is -0.145. The van der Waals surface area contributed by atoms with Gasteiger partial charge in [0, 0.05) is 23.7 Å². The number of Topliss-reactive ketones (excluding diaryl/α,β-unsaturated/α-hetero) is 1. The van der Waals surface area contributed by atoms with Gasteiger partial charge in [0.15, 0.2) is 17.3 Å². The van der Waals surface area contributed by atoms with Gasteiger partial charge >= 0.3 is 5.97 Å². The maximum atomic E-state index is 12.4. The van der Waals surface area contributed by atoms with Crippen molar-refractivity contribution in [1.82, 2.24) is 9.38 Å². The molecular formula is C22H20N2O6. The van der Waals surface area contributed by atoms with Crippen molar-refractivity contribution >= 4 is 17.4 Å². The number of benzene rings is 1. The van der Waals surface area contributed by atoms with E-state index >= 15 is 0 Å². The Morgan fingerprint density at radius 2 is 1.87 bits per heavy atom. The van der Waals surface area contributed by atoms with Crippen LogP contribution in [-0.4, -0.2) is 34.4 Å². The van der Waals surface area contributed by atoms with Crippen molar-refractivity contribution in [2.24, 2.45) is 0 Å². The molecule has 0 aliphatic carbocycles. The highest BCUT2D eigenvalue weighted by Gasteiger charge is 2.16. The second kappa shape index (κ2) is 8.36. The summed E-state index contributed by atoms with van der Waals surface area (Å²) in [6, 6.07) is 11.6. The van der Waals surface area contributed by atoms with Crippen molar-refractivity contribution in [2.45, 2.75) is 26.4 Å². The number of hydrogen-bond donors (Lipinski definition) is 0. The fourth-order valence-corrected chi connectivity index (χ4v) is 3.24. The summed E-state index contributed by atoms with van der Waals surface area (Å²) in [4.78, 5) is 41.0. The van der Waals surface area contributed by atoms with Crippen LogP contribution in [-0.2, 0) is 16.1 Å². The first kappa shape index (κ1) is 19.6. The van der Waals surface area contributed by atoms with E-state index in [9.17, 15) is 14.4 Å². The molecular weight excluding hydrogens is 388 g/mol. The molecule has 0 radical (unpaired) electrons. The third-order valence-corrected chi connectivity index (χ3v) is 4.73. The average molecular weight is 408 g/mol. The third kappa shape index (κ3) is 4.17. The number of aromatic nitrogens is 2. The number of carbonyl (C=O) groups excluding carboxylic acids is 2. The van der Waals surface area contributed by atoms with E-state index in [-0.39, 0.29) is 30.8 Å². The van der Waals surface area contributed by atoms with Gasteiger partial charge in [-0.25, -0.2) is 4.98 Å². The third-order valence-electron chi connectivity index (χ3n) is 4.73. The molecule has 0 saturated carbocycles. The van der Waals surface area contributed by atoms with Crippen LogP contribution >= 0.6 is 0 Å². The minimum Gasteiger partial charge on any atom is -0.486 e. The standard InChI is InChI=1S/C22H20N2O6/c1-14-3-2-4-20-23-16(12-21(26)24(14)20)13-30-22(27)8-6-17(25)15-5-7-18-19(11-15)29-10-9-28-18/h2-5,7,11-12H,6,8-10,13H2,1H3. The molecule has 0 spiro atoms. The van der Waals surface area contributed by atoms with Crippen LogP contribution in [0.3, 0.4) is 0 Å². The molecule has 154 valence electrons. The lowest BCUT2D eigenvalue weighted by Gasteiger charge is -2.18. The summed E-state index contributed by atoms with van der Waals surface area (Å²) in [7, 11) is 0. The number of hydrogen-bond acceptors (Lipinski definition) is 7. The van der Waals surface area contributed by atoms with Gasteiger partial charge in [0.05, 0.1) is 12.1 Å². The summed E-state index contributed by atoms with van der Waals surface area (Å²) in [5.41, 5.74) is 1.83. The maximum absolute atomic E-state index is 12.4. The molecule has 3 aromatic rings. The number of rotatable bonds is 6. The number of aryl methyl sites for hydroxylation is 1. The van der Waals surface area contributed by atoms with Gasteiger partial charge in [-0.2, -0.15) is 0 Å². The maximum Gasteiger partial charge on any atom is 0.306 e. The molecule has 0 amide bonds. The van der Waals surface area contributed by atoms with Crippen molar-refractivity contribution < 1.29 is 23.8 Å². The molecule has 1 aliphatic rings. The molecule has 0 N–H and O–H groups in total. The van der Waals surface area contributed by atoms with Crippen molar-refractivity contribution in [1.29, 1.82) is 0 Å². The minimum absolute atomic E-state index is 0.00543. The molecule has 0 fully saturated rings. The van der Waals surface area contributed by atoms with Crippen molar-refractivity contribution in [3.63, 3.8) is 0 Å². The van der Waals surface area contributed by atoms with E-state index in [2.05, 4.69) is 4.98 Å². The fourth-order valence-electron chi connectivity index (χ4n) is 3.24. The molecule has 1 aromatic carbocycles. The number of ether oxygens (including phenoxy) is 3. The van der Waals surface area contributed by atoms with Crippen molar-refractivity contribution in [2.75, 3.05) is 13.2 Å². The molecule has 0 unspecified atom stereocenters. The predicted octanol–water partition coefficient (Wildman–Crippen LogP) is 2.48. The van der Waals surface area contributed by atoms with E-state index in [0.717, 1.165) is 5.69 Å². The average Bonchev–Trinajstić information content (AvgIpc) is 2.75. The molecule has 30 heavy (non-hydrogen) atoms. The number of fused-ring (bicyclic) bond motifs is 2. The summed E-state index contributed by atoms with van der Waals surface area (Å²) < 4.78 is 17.6. The van der Waals surface area contributed by atoms with Crippen LogP contribution in [0, 0.1) is 6.92 Å². The monoisotopic (exact) mass is 408 g/mol. The fraction of sp³-hybridized carbons (Fsp3) is 0.273. The number of ketones is 1. The highest BCUT2D eigenvalue weighted by molar-refractivity contribution is 5.98. The second-order valence-corrected chi connectivity index (χ2v) is 6.89. The zero-order valence-corrected chi connectivity index (χ0v) is 16.4. The first-order valence-electron chi connectivity index (χ1n) is 9.58. The van der Waals surface area contributed by atoms with Crippen LogP contribution in [0.2, 0.25) is 0 Å². The van der Waals surface area contributed by atoms with E-state index in [0.29, 0.717) is 41.6 Å². The van der Waals surface area contributed by atoms with Crippen LogP contribution < -0.4 is 15.0 Å². The number of carbonyl (C=O) groups is 2. The van der Waals surface area contributed by atoms with Crippen molar-refractivity contribution in [3.8, 4) is 11.5 Å². The minimum atomic E-state index is -0.535. The molecule has 0 saturated heterocycles. The zero-order chi connectivity index (χ0) is 21.1. The van der Waals surface area contributed by atoms with Crippen molar-refractivity contribution in [3.05, 3.63) is 69.8 Å². The second-order valence-electron chi connectivity index (χ2n) is 6.89. The number of nitrogens with zero attached hydrogens (tertiary/aromatic N) is 2. The van der Waals surface area contributed by atoms with E-state index < -0.39 is 5.97 Å². The Hall–Kier alpha value is -3.68. The highest BCUT2D eigenvalue weighted by Crippen LogP contribution is 2.31. The smallest absolute Gasteiger partial charge is 0.306 e. The highest BCUT2D eigenvalue weighted by atomic mass is 16.6. The molecule has 3 heterocycles. The largest absolute Gasteiger partial charge is 0.486 e. The normalized spacial score (nSPS) is 12.6. The molecule has 8 heteroatoms. The van der Waals surface area contributed by atoms with Crippen LogP contribution in [0.25, 0.3) is 5.65 Å². The lowest BCUT2D eigenvalue weighted by atomic mass is 10.1. The van der Waals surface area contributed by atoms with Crippen LogP contribution in [0.1, 0.15) is 34.6 Å². The molecule has 0 atom stereocenters. The Morgan fingerprint density at radius 3 is 2.70 bits per heavy atom. The van der Waals surface area contributed by atoms with Gasteiger partial charge in [0.25, 0.3) is 5.56 Å². The SMILES string of the molecule is Cc1cccc2nc(COC(=O)CCC(=O)c3ccc4c(c3)OCCO4)cc(=O)n12. The first-order valence-corrected chi connectivity index (χ1v) is 9.58. The van der Waals surface area contributed by atoms with E-state index in [1.165, 1.54) is 10.5 Å². The molecule has 2 aromatic heterocycles. The summed E-state index contributed by atoms with van der Waals surface area (Å²) in [6.07, 6.45) is -0.0651. The topological polar surface area (TPSA) is 96.2 Å².